The number of aryl methyl sites for hydroxylation is 1. The summed E-state index contributed by atoms with van der Waals surface area (Å²) < 4.78 is 10.7. The van der Waals surface area contributed by atoms with Crippen molar-refractivity contribution in [3.05, 3.63) is 45.1 Å². The van der Waals surface area contributed by atoms with Gasteiger partial charge in [0, 0.05) is 18.0 Å². The lowest BCUT2D eigenvalue weighted by molar-refractivity contribution is 0.0933. The highest BCUT2D eigenvalue weighted by Gasteiger charge is 2.22. The molecule has 154 valence electrons. The Morgan fingerprint density at radius 1 is 1.21 bits per heavy atom. The summed E-state index contributed by atoms with van der Waals surface area (Å²) in [5.74, 6) is 1.77. The number of thiophene rings is 1. The molecule has 2 N–H and O–H groups in total. The van der Waals surface area contributed by atoms with Crippen LogP contribution in [0.25, 0.3) is 0 Å². The molecular formula is C21H25N3O4S. The number of nitrogens with zero attached hydrogens (tertiary/aromatic N) is 1. The fraction of sp³-hybridized carbons (Fsp3) is 0.429. The zero-order valence-electron chi connectivity index (χ0n) is 16.6. The number of rotatable bonds is 4. The van der Waals surface area contributed by atoms with Gasteiger partial charge in [-0.2, -0.15) is 0 Å². The minimum absolute atomic E-state index is 0.216. The van der Waals surface area contributed by atoms with Crippen LogP contribution in [0.1, 0.15) is 45.9 Å². The van der Waals surface area contributed by atoms with Gasteiger partial charge < -0.3 is 14.4 Å². The number of nitrogens with one attached hydrogen (secondary N) is 2. The van der Waals surface area contributed by atoms with Gasteiger partial charge in [-0.1, -0.05) is 13.0 Å². The number of hydrazine groups is 1. The molecular weight excluding hydrogens is 390 g/mol. The van der Waals surface area contributed by atoms with Crippen LogP contribution in [0.2, 0.25) is 0 Å². The maximum absolute atomic E-state index is 12.5. The van der Waals surface area contributed by atoms with Gasteiger partial charge in [-0.3, -0.25) is 10.2 Å². The number of hydrogen-bond acceptors (Lipinski definition) is 5. The fourth-order valence-electron chi connectivity index (χ4n) is 3.66. The van der Waals surface area contributed by atoms with Gasteiger partial charge >= 0.3 is 6.03 Å². The molecule has 7 nitrogen and oxygen atoms in total. The molecule has 1 aliphatic carbocycles. The van der Waals surface area contributed by atoms with E-state index in [-0.39, 0.29) is 18.7 Å². The molecule has 0 spiro atoms. The molecule has 3 amide bonds. The average molecular weight is 416 g/mol. The van der Waals surface area contributed by atoms with Crippen LogP contribution in [0.15, 0.2) is 24.3 Å². The van der Waals surface area contributed by atoms with E-state index in [2.05, 4.69) is 17.8 Å². The Kier molecular flexibility index (Phi) is 5.62. The summed E-state index contributed by atoms with van der Waals surface area (Å²) in [7, 11) is 0. The van der Waals surface area contributed by atoms with Crippen molar-refractivity contribution in [2.45, 2.75) is 39.7 Å². The maximum atomic E-state index is 12.5. The number of hydrogen-bond donors (Lipinski definition) is 2. The molecule has 0 fully saturated rings. The quantitative estimate of drug-likeness (QED) is 0.750. The Morgan fingerprint density at radius 3 is 2.86 bits per heavy atom. The van der Waals surface area contributed by atoms with Gasteiger partial charge in [0.15, 0.2) is 11.5 Å². The Hall–Kier alpha value is -2.74. The van der Waals surface area contributed by atoms with Gasteiger partial charge in [-0.25, -0.2) is 10.2 Å². The summed E-state index contributed by atoms with van der Waals surface area (Å²) >= 11 is 1.52. The van der Waals surface area contributed by atoms with Gasteiger partial charge in [0.1, 0.15) is 0 Å². The first-order chi connectivity index (χ1) is 14.0. The SMILES string of the molecule is CCN(Cc1ccc2c(c1)OCO2)C(=O)NNC(=O)c1cc2c(s1)CCC(C)C2. The molecule has 2 aliphatic rings. The van der Waals surface area contributed by atoms with Crippen molar-refractivity contribution in [1.82, 2.24) is 15.8 Å². The molecule has 1 aliphatic heterocycles. The van der Waals surface area contributed by atoms with Crippen molar-refractivity contribution < 1.29 is 19.1 Å². The summed E-state index contributed by atoms with van der Waals surface area (Å²) in [6.45, 7) is 5.25. The predicted molar refractivity (Wildman–Crippen MR) is 110 cm³/mol. The molecule has 1 aromatic carbocycles. The van der Waals surface area contributed by atoms with Gasteiger partial charge in [0.2, 0.25) is 6.79 Å². The Morgan fingerprint density at radius 2 is 2.03 bits per heavy atom. The number of fused-ring (bicyclic) bond motifs is 2. The molecule has 1 atom stereocenters. The van der Waals surface area contributed by atoms with Gasteiger partial charge in [0.05, 0.1) is 4.88 Å². The van der Waals surface area contributed by atoms with Crippen molar-refractivity contribution in [3.63, 3.8) is 0 Å². The predicted octanol–water partition coefficient (Wildman–Crippen LogP) is 3.48. The number of urea groups is 1. The number of carbonyl (C=O) groups is 2. The van der Waals surface area contributed by atoms with Crippen LogP contribution >= 0.6 is 11.3 Å². The van der Waals surface area contributed by atoms with E-state index in [4.69, 9.17) is 9.47 Å². The smallest absolute Gasteiger partial charge is 0.336 e. The van der Waals surface area contributed by atoms with Crippen molar-refractivity contribution in [1.29, 1.82) is 0 Å². The number of amides is 3. The average Bonchev–Trinajstić information content (AvgIpc) is 3.35. The van der Waals surface area contributed by atoms with Gasteiger partial charge in [0.25, 0.3) is 5.91 Å². The van der Waals surface area contributed by atoms with E-state index < -0.39 is 0 Å². The number of ether oxygens (including phenoxy) is 2. The summed E-state index contributed by atoms with van der Waals surface area (Å²) in [5.41, 5.74) is 7.27. The van der Waals surface area contributed by atoms with Crippen molar-refractivity contribution >= 4 is 23.3 Å². The molecule has 1 aromatic heterocycles. The minimum atomic E-state index is -0.353. The van der Waals surface area contributed by atoms with Gasteiger partial charge in [-0.15, -0.1) is 11.3 Å². The molecule has 8 heteroatoms. The van der Waals surface area contributed by atoms with Crippen LogP contribution in [0, 0.1) is 5.92 Å². The lowest BCUT2D eigenvalue weighted by Crippen LogP contribution is -2.48. The zero-order valence-corrected chi connectivity index (χ0v) is 17.4. The maximum Gasteiger partial charge on any atom is 0.336 e. The first-order valence-corrected chi connectivity index (χ1v) is 10.7. The standard InChI is InChI=1S/C21H25N3O4S/c1-3-24(11-14-5-6-16-17(9-14)28-12-27-16)21(26)23-22-20(25)19-10-15-8-13(2)4-7-18(15)29-19/h5-6,9-10,13H,3-4,7-8,11-12H2,1-2H3,(H,22,25)(H,23,26). The second kappa shape index (κ2) is 8.32. The fourth-order valence-corrected chi connectivity index (χ4v) is 4.76. The highest BCUT2D eigenvalue weighted by molar-refractivity contribution is 7.14. The van der Waals surface area contributed by atoms with Crippen molar-refractivity contribution in [2.24, 2.45) is 5.92 Å². The first-order valence-electron chi connectivity index (χ1n) is 9.89. The second-order valence-corrected chi connectivity index (χ2v) is 8.63. The topological polar surface area (TPSA) is 79.9 Å². The summed E-state index contributed by atoms with van der Waals surface area (Å²) in [6, 6.07) is 7.22. The molecule has 0 saturated carbocycles. The van der Waals surface area contributed by atoms with E-state index in [1.807, 2.05) is 31.2 Å². The van der Waals surface area contributed by atoms with Crippen LogP contribution in [0.4, 0.5) is 4.79 Å². The number of carbonyl (C=O) groups excluding carboxylic acids is 2. The third-order valence-corrected chi connectivity index (χ3v) is 6.55. The van der Waals surface area contributed by atoms with Crippen LogP contribution in [-0.4, -0.2) is 30.2 Å². The highest BCUT2D eigenvalue weighted by atomic mass is 32.1. The van der Waals surface area contributed by atoms with E-state index in [0.29, 0.717) is 35.4 Å². The first kappa shape index (κ1) is 19.6. The zero-order chi connectivity index (χ0) is 20.4. The molecule has 0 saturated heterocycles. The van der Waals surface area contributed by atoms with E-state index >= 15 is 0 Å². The van der Waals surface area contributed by atoms with E-state index in [1.165, 1.54) is 21.8 Å². The third kappa shape index (κ3) is 4.32. The summed E-state index contributed by atoms with van der Waals surface area (Å²) in [6.07, 6.45) is 3.21. The second-order valence-electron chi connectivity index (χ2n) is 7.49. The molecule has 2 heterocycles. The largest absolute Gasteiger partial charge is 0.454 e. The summed E-state index contributed by atoms with van der Waals surface area (Å²) in [5, 5.41) is 0. The van der Waals surface area contributed by atoms with Crippen LogP contribution in [-0.2, 0) is 19.4 Å². The van der Waals surface area contributed by atoms with Crippen LogP contribution < -0.4 is 20.3 Å². The molecule has 1 unspecified atom stereocenters. The third-order valence-electron chi connectivity index (χ3n) is 5.32. The van der Waals surface area contributed by atoms with E-state index in [1.54, 1.807) is 4.90 Å². The normalized spacial score (nSPS) is 16.8. The monoisotopic (exact) mass is 415 g/mol. The van der Waals surface area contributed by atoms with E-state index in [0.717, 1.165) is 24.8 Å². The Bertz CT molecular complexity index is 927. The lowest BCUT2D eigenvalue weighted by Gasteiger charge is -2.21. The summed E-state index contributed by atoms with van der Waals surface area (Å²) in [4.78, 5) is 28.6. The van der Waals surface area contributed by atoms with Crippen LogP contribution in [0.5, 0.6) is 11.5 Å². The molecule has 4 rings (SSSR count). The molecule has 0 radical (unpaired) electrons. The molecule has 2 aromatic rings. The number of benzene rings is 1. The van der Waals surface area contributed by atoms with Crippen molar-refractivity contribution in [2.75, 3.05) is 13.3 Å². The van der Waals surface area contributed by atoms with Gasteiger partial charge in [-0.05, 0) is 61.4 Å². The Labute approximate surface area is 174 Å². The van der Waals surface area contributed by atoms with E-state index in [9.17, 15) is 9.59 Å². The van der Waals surface area contributed by atoms with Crippen LogP contribution in [0.3, 0.4) is 0 Å². The molecule has 29 heavy (non-hydrogen) atoms. The molecule has 0 bridgehead atoms. The Balaban J connectivity index is 1.33. The lowest BCUT2D eigenvalue weighted by atomic mass is 9.90. The van der Waals surface area contributed by atoms with Crippen molar-refractivity contribution in [3.8, 4) is 11.5 Å². The minimum Gasteiger partial charge on any atom is -0.454 e. The highest BCUT2D eigenvalue weighted by Crippen LogP contribution is 2.33.